The van der Waals surface area contributed by atoms with Gasteiger partial charge >= 0.3 is 21.4 Å². The summed E-state index contributed by atoms with van der Waals surface area (Å²) < 4.78 is 0. The van der Waals surface area contributed by atoms with Crippen LogP contribution in [-0.2, 0) is 0 Å². The van der Waals surface area contributed by atoms with Gasteiger partial charge < -0.3 is 30.1 Å². The van der Waals surface area contributed by atoms with Crippen LogP contribution in [0.25, 0.3) is 0 Å². The van der Waals surface area contributed by atoms with Gasteiger partial charge in [0.25, 0.3) is 0 Å². The molecule has 0 spiro atoms. The molecule has 0 fully saturated rings. The third kappa shape index (κ3) is 4.41. The number of hydrogen-bond acceptors (Lipinski definition) is 6. The summed E-state index contributed by atoms with van der Waals surface area (Å²) in [6, 6.07) is 0. The lowest BCUT2D eigenvalue weighted by molar-refractivity contribution is 0.350. The van der Waals surface area contributed by atoms with Crippen LogP contribution in [0.1, 0.15) is 0 Å². The lowest BCUT2D eigenvalue weighted by Crippen LogP contribution is -2.36. The predicted molar refractivity (Wildman–Crippen MR) is 39.1 cm³/mol. The van der Waals surface area contributed by atoms with Gasteiger partial charge in [0, 0.05) is 5.72 Å². The summed E-state index contributed by atoms with van der Waals surface area (Å²) in [5.74, 6) is 0. The van der Waals surface area contributed by atoms with Gasteiger partial charge in [0.15, 0.2) is 0 Å². The van der Waals surface area contributed by atoms with Gasteiger partial charge in [-0.3, -0.25) is 0 Å². The van der Waals surface area contributed by atoms with Crippen LogP contribution < -0.4 is 0 Å². The van der Waals surface area contributed by atoms with Gasteiger partial charge in [0.1, 0.15) is 0 Å². The van der Waals surface area contributed by atoms with E-state index in [2.05, 4.69) is 0 Å². The summed E-state index contributed by atoms with van der Waals surface area (Å²) in [5, 5.41) is 50.4. The van der Waals surface area contributed by atoms with E-state index in [4.69, 9.17) is 30.1 Å². The molecule has 0 aliphatic carbocycles. The van der Waals surface area contributed by atoms with Crippen LogP contribution in [0.15, 0.2) is 0 Å². The lowest BCUT2D eigenvalue weighted by atomic mass is 9.46. The first-order chi connectivity index (χ1) is 4.95. The summed E-state index contributed by atoms with van der Waals surface area (Å²) in [4.78, 5) is 0. The van der Waals surface area contributed by atoms with Gasteiger partial charge in [0.05, 0.1) is 0 Å². The monoisotopic (exact) mass is 162 g/mol. The van der Waals surface area contributed by atoms with E-state index < -0.39 is 33.4 Å². The standard InChI is InChI=1S/C2H9B3O6/c6-3(7)1-2(4(8)9)5(10)11/h2,6-11H,1H2. The molecule has 0 aliphatic heterocycles. The summed E-state index contributed by atoms with van der Waals surface area (Å²) >= 11 is 0. The highest BCUT2D eigenvalue weighted by Gasteiger charge is 2.36. The van der Waals surface area contributed by atoms with Crippen LogP contribution in [0, 0.1) is 0 Å². The fraction of sp³-hybridized carbons (Fsp3) is 1.00. The molecule has 0 heterocycles. The van der Waals surface area contributed by atoms with E-state index in [0.717, 1.165) is 0 Å². The van der Waals surface area contributed by atoms with E-state index in [-0.39, 0.29) is 0 Å². The molecule has 0 bridgehead atoms. The second-order valence-electron chi connectivity index (χ2n) is 2.21. The Morgan fingerprint density at radius 1 is 0.818 bits per heavy atom. The van der Waals surface area contributed by atoms with Crippen molar-refractivity contribution in [3.8, 4) is 0 Å². The van der Waals surface area contributed by atoms with Crippen molar-refractivity contribution in [1.82, 2.24) is 0 Å². The molecule has 0 atom stereocenters. The third-order valence-corrected chi connectivity index (χ3v) is 1.25. The topological polar surface area (TPSA) is 121 Å². The molecule has 0 radical (unpaired) electrons. The molecule has 0 aromatic rings. The molecule has 0 aromatic carbocycles. The highest BCUT2D eigenvalue weighted by Crippen LogP contribution is 2.15. The molecular weight excluding hydrogens is 152 g/mol. The zero-order valence-electron chi connectivity index (χ0n) is 5.70. The van der Waals surface area contributed by atoms with Gasteiger partial charge in [-0.2, -0.15) is 0 Å². The maximum Gasteiger partial charge on any atom is 0.451 e. The van der Waals surface area contributed by atoms with Crippen LogP contribution in [0.3, 0.4) is 0 Å². The van der Waals surface area contributed by atoms with Crippen molar-refractivity contribution >= 4 is 21.4 Å². The average Bonchev–Trinajstić information content (AvgIpc) is 1.81. The first-order valence-electron chi connectivity index (χ1n) is 3.03. The van der Waals surface area contributed by atoms with Crippen LogP contribution >= 0.6 is 0 Å². The molecule has 0 unspecified atom stereocenters. The van der Waals surface area contributed by atoms with Crippen LogP contribution in [0.5, 0.6) is 0 Å². The van der Waals surface area contributed by atoms with Crippen molar-refractivity contribution in [2.45, 2.75) is 12.0 Å². The second kappa shape index (κ2) is 4.76. The zero-order valence-corrected chi connectivity index (χ0v) is 5.70. The van der Waals surface area contributed by atoms with Crippen molar-refractivity contribution in [2.24, 2.45) is 0 Å². The van der Waals surface area contributed by atoms with E-state index in [1.165, 1.54) is 0 Å². The Hall–Kier alpha value is -0.0452. The Balaban J connectivity index is 3.90. The van der Waals surface area contributed by atoms with Crippen LogP contribution in [0.2, 0.25) is 12.0 Å². The summed E-state index contributed by atoms with van der Waals surface area (Å²) in [5.41, 5.74) is -1.37. The normalized spacial score (nSPS) is 10.1. The molecule has 0 saturated heterocycles. The summed E-state index contributed by atoms with van der Waals surface area (Å²) in [6.07, 6.45) is -0.505. The fourth-order valence-corrected chi connectivity index (χ4v) is 0.641. The number of rotatable bonds is 4. The van der Waals surface area contributed by atoms with Crippen molar-refractivity contribution < 1.29 is 30.1 Å². The zero-order chi connectivity index (χ0) is 9.02. The molecule has 0 aromatic heterocycles. The maximum absolute atomic E-state index is 8.44. The minimum absolute atomic E-state index is 0.505. The molecular formula is C2H9B3O6. The molecule has 6 N–H and O–H groups in total. The van der Waals surface area contributed by atoms with Crippen LogP contribution in [0.4, 0.5) is 0 Å². The molecule has 0 amide bonds. The van der Waals surface area contributed by atoms with Gasteiger partial charge in [-0.15, -0.1) is 0 Å². The van der Waals surface area contributed by atoms with Crippen LogP contribution in [-0.4, -0.2) is 51.5 Å². The quantitative estimate of drug-likeness (QED) is 0.236. The Labute approximate surface area is 64.5 Å². The molecule has 62 valence electrons. The minimum atomic E-state index is -1.98. The highest BCUT2D eigenvalue weighted by atomic mass is 16.4. The van der Waals surface area contributed by atoms with Gasteiger partial charge in [0.2, 0.25) is 0 Å². The van der Waals surface area contributed by atoms with E-state index in [1.807, 2.05) is 0 Å². The first-order valence-corrected chi connectivity index (χ1v) is 3.03. The second-order valence-corrected chi connectivity index (χ2v) is 2.21. The summed E-state index contributed by atoms with van der Waals surface area (Å²) in [6.45, 7) is 0. The average molecular weight is 162 g/mol. The fourth-order valence-electron chi connectivity index (χ4n) is 0.641. The van der Waals surface area contributed by atoms with E-state index in [0.29, 0.717) is 0 Å². The van der Waals surface area contributed by atoms with Gasteiger partial charge in [-0.25, -0.2) is 0 Å². The van der Waals surface area contributed by atoms with Crippen molar-refractivity contribution in [2.75, 3.05) is 0 Å². The first kappa shape index (κ1) is 11.0. The van der Waals surface area contributed by atoms with E-state index in [9.17, 15) is 0 Å². The summed E-state index contributed by atoms with van der Waals surface area (Å²) in [7, 11) is -5.74. The Bertz CT molecular complexity index is 98.0. The van der Waals surface area contributed by atoms with Crippen molar-refractivity contribution in [3.63, 3.8) is 0 Å². The Kier molecular flexibility index (Phi) is 4.74. The Morgan fingerprint density at radius 3 is 1.27 bits per heavy atom. The molecule has 6 nitrogen and oxygen atoms in total. The third-order valence-electron chi connectivity index (χ3n) is 1.25. The molecule has 0 aliphatic rings. The van der Waals surface area contributed by atoms with E-state index in [1.54, 1.807) is 0 Å². The number of hydrogen-bond donors (Lipinski definition) is 6. The molecule has 0 rings (SSSR count). The maximum atomic E-state index is 8.44. The smallest absolute Gasteiger partial charge is 0.427 e. The van der Waals surface area contributed by atoms with Crippen molar-refractivity contribution in [3.05, 3.63) is 0 Å². The Morgan fingerprint density at radius 2 is 1.18 bits per heavy atom. The van der Waals surface area contributed by atoms with E-state index >= 15 is 0 Å². The minimum Gasteiger partial charge on any atom is -0.427 e. The predicted octanol–water partition coefficient (Wildman–Crippen LogP) is -3.69. The lowest BCUT2D eigenvalue weighted by Gasteiger charge is -2.12. The SMILES string of the molecule is OB(O)CC(B(O)O)B(O)O. The molecule has 9 heteroatoms. The van der Waals surface area contributed by atoms with Crippen molar-refractivity contribution in [1.29, 1.82) is 0 Å². The van der Waals surface area contributed by atoms with Gasteiger partial charge in [-0.1, -0.05) is 0 Å². The molecule has 11 heavy (non-hydrogen) atoms. The largest absolute Gasteiger partial charge is 0.451 e. The van der Waals surface area contributed by atoms with Gasteiger partial charge in [-0.05, 0) is 6.32 Å². The molecule has 0 saturated carbocycles. The highest BCUT2D eigenvalue weighted by molar-refractivity contribution is 6.67.